The number of halogens is 3. The zero-order valence-corrected chi connectivity index (χ0v) is 25.3. The van der Waals surface area contributed by atoms with Crippen LogP contribution in [0, 0.1) is 11.6 Å². The number of thiazole rings is 1. The van der Waals surface area contributed by atoms with Crippen LogP contribution in [0.5, 0.6) is 5.88 Å². The average Bonchev–Trinajstić information content (AvgIpc) is 3.26. The number of nitrogens with zero attached hydrogens (tertiary/aromatic N) is 3. The summed E-state index contributed by atoms with van der Waals surface area (Å²) in [4.78, 5) is 21.0. The summed E-state index contributed by atoms with van der Waals surface area (Å²) in [6.45, 7) is 7.69. The number of carbonyl (C=O) groups is 1. The lowest BCUT2D eigenvalue weighted by molar-refractivity contribution is 0.103. The molecule has 3 aromatic rings. The zero-order valence-electron chi connectivity index (χ0n) is 22.8. The number of ketones is 1. The molecule has 0 radical (unpaired) electrons. The number of nitrogens with two attached hydrogens (primary N) is 1. The Hall–Kier alpha value is -2.91. The summed E-state index contributed by atoms with van der Waals surface area (Å²) in [6.07, 6.45) is 2.24. The maximum atomic E-state index is 14.1. The number of anilines is 2. The number of aromatic nitrogens is 2. The molecule has 15 heteroatoms. The van der Waals surface area contributed by atoms with Gasteiger partial charge in [0.25, 0.3) is 0 Å². The normalized spacial score (nSPS) is 14.9. The molecule has 0 saturated carbocycles. The largest absolute Gasteiger partial charge is 0.476 e. The predicted octanol–water partition coefficient (Wildman–Crippen LogP) is 4.08. The van der Waals surface area contributed by atoms with Crippen molar-refractivity contribution in [2.45, 2.75) is 50.1 Å². The molecule has 4 N–H and O–H groups in total. The number of nitrogens with one attached hydrogen (secondary N) is 2. The van der Waals surface area contributed by atoms with E-state index < -0.39 is 33.0 Å². The van der Waals surface area contributed by atoms with Gasteiger partial charge in [-0.1, -0.05) is 17.4 Å². The zero-order chi connectivity index (χ0) is 29.1. The maximum absolute atomic E-state index is 14.1. The number of sulfonamides is 1. The summed E-state index contributed by atoms with van der Waals surface area (Å²) in [5, 5.41) is 6.78. The molecule has 224 valence electrons. The van der Waals surface area contributed by atoms with E-state index in [1.165, 1.54) is 28.7 Å². The second-order valence-electron chi connectivity index (χ2n) is 10.3. The lowest BCUT2D eigenvalue weighted by atomic mass is 10.1. The van der Waals surface area contributed by atoms with Crippen LogP contribution in [0.25, 0.3) is 0 Å². The molecule has 1 aliphatic heterocycles. The topological polar surface area (TPSA) is 140 Å². The number of ether oxygens (including phenoxy) is 1. The smallest absolute Gasteiger partial charge is 0.244 e. The van der Waals surface area contributed by atoms with E-state index in [0.29, 0.717) is 37.0 Å². The van der Waals surface area contributed by atoms with E-state index in [1.807, 2.05) is 0 Å². The Balaban J connectivity index is 0.00000462. The van der Waals surface area contributed by atoms with E-state index in [4.69, 9.17) is 10.5 Å². The molecule has 41 heavy (non-hydrogen) atoms. The van der Waals surface area contributed by atoms with E-state index in [2.05, 4.69) is 41.4 Å². The van der Waals surface area contributed by atoms with Crippen LogP contribution in [0.15, 0.2) is 41.4 Å². The predicted molar refractivity (Wildman–Crippen MR) is 156 cm³/mol. The lowest BCUT2D eigenvalue weighted by Gasteiger charge is -2.31. The molecule has 3 heterocycles. The Bertz CT molecular complexity index is 1440. The molecular weight excluding hydrogens is 598 g/mol. The van der Waals surface area contributed by atoms with Gasteiger partial charge in [0, 0.05) is 37.3 Å². The van der Waals surface area contributed by atoms with Gasteiger partial charge in [-0.3, -0.25) is 4.79 Å². The van der Waals surface area contributed by atoms with E-state index in [1.54, 1.807) is 0 Å². The highest BCUT2D eigenvalue weighted by molar-refractivity contribution is 7.89. The number of benzene rings is 1. The van der Waals surface area contributed by atoms with Gasteiger partial charge in [-0.05, 0) is 51.8 Å². The van der Waals surface area contributed by atoms with Crippen molar-refractivity contribution in [3.05, 3.63) is 58.6 Å². The minimum Gasteiger partial charge on any atom is -0.476 e. The van der Waals surface area contributed by atoms with Gasteiger partial charge >= 0.3 is 0 Å². The Morgan fingerprint density at radius 3 is 2.41 bits per heavy atom. The van der Waals surface area contributed by atoms with Gasteiger partial charge in [0.15, 0.2) is 5.13 Å². The molecule has 1 aromatic carbocycles. The Morgan fingerprint density at radius 2 is 1.83 bits per heavy atom. The van der Waals surface area contributed by atoms with Gasteiger partial charge in [-0.25, -0.2) is 27.2 Å². The summed E-state index contributed by atoms with van der Waals surface area (Å²) in [6, 6.07) is 6.05. The number of pyridine rings is 1. The van der Waals surface area contributed by atoms with Crippen molar-refractivity contribution in [1.82, 2.24) is 19.6 Å². The third-order valence-electron chi connectivity index (χ3n) is 6.19. The van der Waals surface area contributed by atoms with Gasteiger partial charge < -0.3 is 21.1 Å². The number of carbonyl (C=O) groups excluding carboxylic acids is 1. The average molecular weight is 631 g/mol. The fourth-order valence-corrected chi connectivity index (χ4v) is 6.46. The number of hydrogen-bond donors (Lipinski definition) is 3. The standard InChI is InChI=1S/C26H32F2N6O4S2.ClH/c1-26(2,3)31-11-14-38-20-8-7-17(15-30-20)40(36,37)34-12-9-16(10-13-34)32-25-33-24(29)23(39-25)22(35)21-18(27)5-4-6-19(21)28;/h4-8,15-16,31H,9-14,29H2,1-3H3,(H,32,33);1H. The van der Waals surface area contributed by atoms with Crippen molar-refractivity contribution in [2.24, 2.45) is 0 Å². The Labute approximate surface area is 248 Å². The maximum Gasteiger partial charge on any atom is 0.244 e. The van der Waals surface area contributed by atoms with Gasteiger partial charge in [0.1, 0.15) is 33.8 Å². The van der Waals surface area contributed by atoms with Crippen molar-refractivity contribution < 1.29 is 26.7 Å². The van der Waals surface area contributed by atoms with Crippen LogP contribution in [0.2, 0.25) is 0 Å². The van der Waals surface area contributed by atoms with Crippen LogP contribution in [-0.2, 0) is 10.0 Å². The molecule has 0 unspecified atom stereocenters. The van der Waals surface area contributed by atoms with Crippen molar-refractivity contribution in [2.75, 3.05) is 37.3 Å². The first-order valence-electron chi connectivity index (χ1n) is 12.7. The van der Waals surface area contributed by atoms with Gasteiger partial charge in [0.2, 0.25) is 21.7 Å². The summed E-state index contributed by atoms with van der Waals surface area (Å²) >= 11 is 0.900. The van der Waals surface area contributed by atoms with E-state index in [-0.39, 0.29) is 52.7 Å². The first kappa shape index (κ1) is 32.6. The van der Waals surface area contributed by atoms with Gasteiger partial charge in [-0.2, -0.15) is 4.31 Å². The van der Waals surface area contributed by atoms with E-state index >= 15 is 0 Å². The van der Waals surface area contributed by atoms with Crippen LogP contribution >= 0.6 is 23.7 Å². The number of piperidine rings is 1. The fourth-order valence-electron chi connectivity index (χ4n) is 4.14. The van der Waals surface area contributed by atoms with E-state index in [9.17, 15) is 22.0 Å². The summed E-state index contributed by atoms with van der Waals surface area (Å²) in [5.41, 5.74) is 5.16. The highest BCUT2D eigenvalue weighted by Crippen LogP contribution is 2.31. The third-order valence-corrected chi connectivity index (χ3v) is 9.07. The molecule has 0 spiro atoms. The number of rotatable bonds is 10. The quantitative estimate of drug-likeness (QED) is 0.223. The fraction of sp³-hybridized carbons (Fsp3) is 0.423. The monoisotopic (exact) mass is 630 g/mol. The SMILES string of the molecule is CC(C)(C)NCCOc1ccc(S(=O)(=O)N2CCC(Nc3nc(N)c(C(=O)c4c(F)cccc4F)s3)CC2)cn1.Cl. The lowest BCUT2D eigenvalue weighted by Crippen LogP contribution is -2.42. The second-order valence-corrected chi connectivity index (χ2v) is 13.3. The highest BCUT2D eigenvalue weighted by Gasteiger charge is 2.31. The molecule has 0 aliphatic carbocycles. The van der Waals surface area contributed by atoms with Crippen LogP contribution < -0.4 is 21.1 Å². The molecule has 1 fully saturated rings. The molecule has 1 saturated heterocycles. The van der Waals surface area contributed by atoms with Gasteiger partial charge in [-0.15, -0.1) is 12.4 Å². The van der Waals surface area contributed by atoms with Crippen LogP contribution in [0.3, 0.4) is 0 Å². The second kappa shape index (κ2) is 13.4. The van der Waals surface area contributed by atoms with Crippen LogP contribution in [0.1, 0.15) is 48.8 Å². The van der Waals surface area contributed by atoms with Crippen molar-refractivity contribution in [3.8, 4) is 5.88 Å². The summed E-state index contributed by atoms with van der Waals surface area (Å²) < 4.78 is 61.4. The molecule has 0 bridgehead atoms. The molecule has 4 rings (SSSR count). The number of nitrogen functional groups attached to an aromatic ring is 1. The van der Waals surface area contributed by atoms with Crippen molar-refractivity contribution in [3.63, 3.8) is 0 Å². The van der Waals surface area contributed by atoms with Crippen molar-refractivity contribution >= 4 is 50.5 Å². The third kappa shape index (κ3) is 8.10. The minimum absolute atomic E-state index is 0. The van der Waals surface area contributed by atoms with Crippen LogP contribution in [0.4, 0.5) is 19.7 Å². The van der Waals surface area contributed by atoms with Gasteiger partial charge in [0.05, 0.1) is 11.8 Å². The van der Waals surface area contributed by atoms with E-state index in [0.717, 1.165) is 23.5 Å². The minimum atomic E-state index is -3.75. The summed E-state index contributed by atoms with van der Waals surface area (Å²) in [5.74, 6) is -2.63. The molecule has 0 amide bonds. The van der Waals surface area contributed by atoms with Crippen LogP contribution in [-0.4, -0.2) is 66.3 Å². The Morgan fingerprint density at radius 1 is 1.17 bits per heavy atom. The Kier molecular flexibility index (Phi) is 10.6. The molecule has 1 aliphatic rings. The number of hydrogen-bond acceptors (Lipinski definition) is 10. The molecular formula is C26H33ClF2N6O4S2. The molecule has 2 aromatic heterocycles. The molecule has 10 nitrogen and oxygen atoms in total. The molecule has 0 atom stereocenters. The first-order chi connectivity index (χ1) is 18.8. The summed E-state index contributed by atoms with van der Waals surface area (Å²) in [7, 11) is -3.75. The first-order valence-corrected chi connectivity index (χ1v) is 15.0. The highest BCUT2D eigenvalue weighted by atomic mass is 35.5. The van der Waals surface area contributed by atoms with Crippen molar-refractivity contribution in [1.29, 1.82) is 0 Å².